The van der Waals surface area contributed by atoms with Crippen molar-refractivity contribution in [3.63, 3.8) is 0 Å². The molecule has 4 rings (SSSR count). The smallest absolute Gasteiger partial charge is 0.253 e. The molecule has 3 atom stereocenters. The molecule has 1 saturated heterocycles. The number of allylic oxidation sites excluding steroid dienone is 2. The van der Waals surface area contributed by atoms with E-state index < -0.39 is 5.41 Å². The number of likely N-dealkylation sites (tertiary alicyclic amines) is 1. The first-order valence-corrected chi connectivity index (χ1v) is 19.7. The summed E-state index contributed by atoms with van der Waals surface area (Å²) in [6.45, 7) is 22.7. The number of amides is 2. The topological polar surface area (TPSA) is 130 Å². The van der Waals surface area contributed by atoms with Crippen molar-refractivity contribution in [2.24, 2.45) is 10.7 Å². The molecule has 1 fully saturated rings. The van der Waals surface area contributed by atoms with Gasteiger partial charge in [0.15, 0.2) is 0 Å². The summed E-state index contributed by atoms with van der Waals surface area (Å²) >= 11 is 0. The molecule has 2 aromatic carbocycles. The molecule has 0 saturated carbocycles. The van der Waals surface area contributed by atoms with Crippen molar-refractivity contribution in [2.75, 3.05) is 60.7 Å². The van der Waals surface area contributed by atoms with E-state index in [0.29, 0.717) is 24.4 Å². The number of terminal acetylenes is 1. The van der Waals surface area contributed by atoms with Gasteiger partial charge in [0.2, 0.25) is 5.91 Å². The van der Waals surface area contributed by atoms with Crippen LogP contribution in [0.4, 0.5) is 5.69 Å². The molecule has 4 N–H and O–H groups in total. The van der Waals surface area contributed by atoms with Gasteiger partial charge in [-0.2, -0.15) is 5.26 Å². The molecule has 0 bridgehead atoms. The molecule has 2 aliphatic rings. The SMILES string of the molecule is C#C.C=C(C)C(=C)N(C)C.CC.CN=C(N)C1(CC(C)NCC(=O)N2CCCC2C#N)C(C)=C(C)CCc2cc(C(=O)N(C)C)ccc21.CNc1ccc(C)cc1. The van der Waals surface area contributed by atoms with Crippen LogP contribution in [-0.4, -0.2) is 99.8 Å². The van der Waals surface area contributed by atoms with Gasteiger partial charge in [-0.25, -0.2) is 0 Å². The van der Waals surface area contributed by atoms with Gasteiger partial charge in [-0.1, -0.05) is 61.9 Å². The first kappa shape index (κ1) is 51.7. The van der Waals surface area contributed by atoms with Crippen LogP contribution in [0.15, 0.2) is 83.0 Å². The highest BCUT2D eigenvalue weighted by molar-refractivity contribution is 5.97. The summed E-state index contributed by atoms with van der Waals surface area (Å²) in [4.78, 5) is 35.2. The third kappa shape index (κ3) is 14.6. The summed E-state index contributed by atoms with van der Waals surface area (Å²) in [6.07, 6.45) is 11.9. The molecule has 10 heteroatoms. The summed E-state index contributed by atoms with van der Waals surface area (Å²) in [5, 5.41) is 15.8. The Morgan fingerprint density at radius 2 is 1.65 bits per heavy atom. The summed E-state index contributed by atoms with van der Waals surface area (Å²) in [5.74, 6) is 0.448. The maximum absolute atomic E-state index is 12.8. The first-order chi connectivity index (χ1) is 26.9. The Morgan fingerprint density at radius 1 is 1.05 bits per heavy atom. The van der Waals surface area contributed by atoms with Crippen LogP contribution in [0.1, 0.15) is 94.3 Å². The van der Waals surface area contributed by atoms with Crippen molar-refractivity contribution in [2.45, 2.75) is 98.1 Å². The number of nitrogens with two attached hydrogens (primary N) is 1. The van der Waals surface area contributed by atoms with Gasteiger partial charge in [-0.05, 0) is 108 Å². The molecular formula is C47H72N8O2. The van der Waals surface area contributed by atoms with Crippen LogP contribution in [0.3, 0.4) is 0 Å². The summed E-state index contributed by atoms with van der Waals surface area (Å²) in [5.41, 5.74) is 15.8. The third-order valence-corrected chi connectivity index (χ3v) is 10.3. The molecule has 312 valence electrons. The standard InChI is InChI=1S/C28H40N6O2.C8H11N.C7H13N.C2H6.C2H2/c1-18-9-10-21-14-22(26(36)33(5)6)11-12-24(21)28(20(18)3,27(30)31-4)15-19(2)32-17-25(35)34-13-7-8-23(34)16-29;1-7-3-5-8(9-2)6-4-7;1-6(2)7(3)8(4)5;2*1-2/h11-12,14,19,23,32H,7-10,13,15,17H2,1-6H3,(H2,30,31);3-6,9H,1-2H3;1,3H2,2,4-5H3;1-2H3;1-2H. The maximum atomic E-state index is 12.8. The molecule has 1 aliphatic heterocycles. The van der Waals surface area contributed by atoms with Gasteiger partial charge in [0.1, 0.15) is 11.9 Å². The Bertz CT molecular complexity index is 1750. The lowest BCUT2D eigenvalue weighted by Crippen LogP contribution is -2.49. The van der Waals surface area contributed by atoms with Crippen LogP contribution >= 0.6 is 0 Å². The molecule has 2 aromatic rings. The second-order valence-electron chi connectivity index (χ2n) is 14.6. The van der Waals surface area contributed by atoms with Gasteiger partial charge in [-0.15, -0.1) is 12.8 Å². The predicted octanol–water partition coefficient (Wildman–Crippen LogP) is 7.73. The van der Waals surface area contributed by atoms with E-state index in [9.17, 15) is 14.9 Å². The Labute approximate surface area is 346 Å². The molecule has 1 heterocycles. The molecule has 0 aromatic heterocycles. The van der Waals surface area contributed by atoms with Crippen LogP contribution in [0, 0.1) is 31.1 Å². The first-order valence-electron chi connectivity index (χ1n) is 19.7. The Morgan fingerprint density at radius 3 is 2.12 bits per heavy atom. The van der Waals surface area contributed by atoms with Crippen LogP contribution in [0.25, 0.3) is 0 Å². The molecule has 2 amide bonds. The highest BCUT2D eigenvalue weighted by Crippen LogP contribution is 2.44. The monoisotopic (exact) mass is 781 g/mol. The van der Waals surface area contributed by atoms with E-state index in [1.807, 2.05) is 65.0 Å². The number of nitrogens with zero attached hydrogens (tertiary/aromatic N) is 5. The van der Waals surface area contributed by atoms with Gasteiger partial charge in [-0.3, -0.25) is 14.6 Å². The average molecular weight is 781 g/mol. The number of aryl methyl sites for hydroxylation is 2. The van der Waals surface area contributed by atoms with E-state index in [1.54, 1.807) is 30.9 Å². The second-order valence-corrected chi connectivity index (χ2v) is 14.6. The van der Waals surface area contributed by atoms with E-state index in [-0.39, 0.29) is 30.4 Å². The third-order valence-electron chi connectivity index (χ3n) is 10.3. The number of amidine groups is 1. The summed E-state index contributed by atoms with van der Waals surface area (Å²) < 4.78 is 0. The molecule has 10 nitrogen and oxygen atoms in total. The number of carbonyl (C=O) groups is 2. The van der Waals surface area contributed by atoms with Crippen molar-refractivity contribution >= 4 is 23.3 Å². The zero-order valence-corrected chi connectivity index (χ0v) is 37.3. The van der Waals surface area contributed by atoms with Gasteiger partial charge in [0.25, 0.3) is 5.91 Å². The van der Waals surface area contributed by atoms with Crippen molar-refractivity contribution in [3.05, 3.63) is 100 Å². The fourth-order valence-electron chi connectivity index (χ4n) is 6.77. The Balaban J connectivity index is 0.00000122. The molecule has 3 unspecified atom stereocenters. The van der Waals surface area contributed by atoms with Gasteiger partial charge in [0, 0.05) is 71.8 Å². The van der Waals surface area contributed by atoms with Gasteiger partial charge in [0.05, 0.1) is 18.0 Å². The van der Waals surface area contributed by atoms with Crippen LogP contribution in [-0.2, 0) is 16.6 Å². The average Bonchev–Trinajstić information content (AvgIpc) is 3.68. The fourth-order valence-corrected chi connectivity index (χ4v) is 6.77. The van der Waals surface area contributed by atoms with Crippen molar-refractivity contribution < 1.29 is 9.59 Å². The van der Waals surface area contributed by atoms with Crippen LogP contribution in [0.2, 0.25) is 0 Å². The van der Waals surface area contributed by atoms with Crippen LogP contribution in [0.5, 0.6) is 0 Å². The lowest BCUT2D eigenvalue weighted by molar-refractivity contribution is -0.130. The maximum Gasteiger partial charge on any atom is 0.253 e. The minimum Gasteiger partial charge on any atom is -0.388 e. The van der Waals surface area contributed by atoms with E-state index in [1.165, 1.54) is 22.4 Å². The number of likely N-dealkylation sites (N-methyl/N-ethyl adjacent to an activating group) is 1. The lowest BCUT2D eigenvalue weighted by Gasteiger charge is -2.39. The predicted molar refractivity (Wildman–Crippen MR) is 242 cm³/mol. The molecular weight excluding hydrogens is 709 g/mol. The largest absolute Gasteiger partial charge is 0.388 e. The minimum absolute atomic E-state index is 0.0303. The quantitative estimate of drug-likeness (QED) is 0.0740. The van der Waals surface area contributed by atoms with Gasteiger partial charge >= 0.3 is 0 Å². The Kier molecular flexibility index (Phi) is 23.4. The fraction of sp³-hybridized carbons (Fsp3) is 0.489. The normalized spacial score (nSPS) is 17.3. The van der Waals surface area contributed by atoms with E-state index in [0.717, 1.165) is 48.1 Å². The van der Waals surface area contributed by atoms with E-state index >= 15 is 0 Å². The second kappa shape index (κ2) is 25.8. The van der Waals surface area contributed by atoms with Crippen molar-refractivity contribution in [1.29, 1.82) is 5.26 Å². The van der Waals surface area contributed by atoms with Crippen LogP contribution < -0.4 is 16.4 Å². The number of anilines is 1. The number of hydrogen-bond donors (Lipinski definition) is 3. The highest BCUT2D eigenvalue weighted by atomic mass is 16.2. The lowest BCUT2D eigenvalue weighted by atomic mass is 9.67. The number of fused-ring (bicyclic) bond motifs is 1. The summed E-state index contributed by atoms with van der Waals surface area (Å²) in [6, 6.07) is 16.1. The van der Waals surface area contributed by atoms with Crippen molar-refractivity contribution in [1.82, 2.24) is 20.0 Å². The van der Waals surface area contributed by atoms with E-state index in [4.69, 9.17) is 5.73 Å². The molecule has 57 heavy (non-hydrogen) atoms. The molecule has 0 radical (unpaired) electrons. The number of nitriles is 1. The zero-order valence-electron chi connectivity index (χ0n) is 37.3. The number of rotatable bonds is 10. The number of aliphatic imine (C=N–C) groups is 1. The van der Waals surface area contributed by atoms with Crippen molar-refractivity contribution in [3.8, 4) is 18.9 Å². The number of hydrogen-bond acceptors (Lipinski definition) is 7. The molecule has 1 aliphatic carbocycles. The molecule has 0 spiro atoms. The minimum atomic E-state index is -0.650. The Hall–Kier alpha value is -5.32. The van der Waals surface area contributed by atoms with Gasteiger partial charge < -0.3 is 31.1 Å². The number of nitrogens with one attached hydrogen (secondary N) is 2. The summed E-state index contributed by atoms with van der Waals surface area (Å²) in [7, 11) is 11.1. The van der Waals surface area contributed by atoms with E-state index in [2.05, 4.69) is 99.7 Å². The number of carbonyl (C=O) groups excluding carboxylic acids is 2. The highest BCUT2D eigenvalue weighted by Gasteiger charge is 2.43. The number of benzene rings is 2. The zero-order chi connectivity index (χ0) is 44.0.